The standard InChI is InChI=1S/C10H22N2O2/c1-8(9(2)11)10(14)12-6-4-3-5-7-13/h8-9,13H,3-7,11H2,1-2H3,(H,12,14). The van der Waals surface area contributed by atoms with Gasteiger partial charge in [-0.15, -0.1) is 0 Å². The quantitative estimate of drug-likeness (QED) is 0.518. The Labute approximate surface area is 85.9 Å². The maximum atomic E-state index is 11.4. The summed E-state index contributed by atoms with van der Waals surface area (Å²) in [6.45, 7) is 4.56. The summed E-state index contributed by atoms with van der Waals surface area (Å²) < 4.78 is 0. The van der Waals surface area contributed by atoms with Gasteiger partial charge >= 0.3 is 0 Å². The third kappa shape index (κ3) is 5.94. The molecule has 0 spiro atoms. The first kappa shape index (κ1) is 13.4. The zero-order valence-corrected chi connectivity index (χ0v) is 9.12. The Hall–Kier alpha value is -0.610. The van der Waals surface area contributed by atoms with Crippen LogP contribution in [0, 0.1) is 5.92 Å². The highest BCUT2D eigenvalue weighted by Crippen LogP contribution is 1.99. The Kier molecular flexibility index (Phi) is 7.42. The summed E-state index contributed by atoms with van der Waals surface area (Å²) >= 11 is 0. The van der Waals surface area contributed by atoms with E-state index in [-0.39, 0.29) is 24.5 Å². The van der Waals surface area contributed by atoms with E-state index in [1.165, 1.54) is 0 Å². The fourth-order valence-electron chi connectivity index (χ4n) is 1.02. The SMILES string of the molecule is CC(N)C(C)C(=O)NCCCCCO. The van der Waals surface area contributed by atoms with Crippen LogP contribution in [0.4, 0.5) is 0 Å². The van der Waals surface area contributed by atoms with E-state index >= 15 is 0 Å². The van der Waals surface area contributed by atoms with Gasteiger partial charge in [-0.3, -0.25) is 4.79 Å². The highest BCUT2D eigenvalue weighted by Gasteiger charge is 2.15. The lowest BCUT2D eigenvalue weighted by Crippen LogP contribution is -2.38. The molecule has 0 saturated heterocycles. The Morgan fingerprint density at radius 3 is 2.50 bits per heavy atom. The molecule has 0 rings (SSSR count). The molecule has 0 aliphatic rings. The predicted molar refractivity (Wildman–Crippen MR) is 56.8 cm³/mol. The number of carbonyl (C=O) groups is 1. The highest BCUT2D eigenvalue weighted by atomic mass is 16.2. The summed E-state index contributed by atoms with van der Waals surface area (Å²) in [4.78, 5) is 11.4. The maximum Gasteiger partial charge on any atom is 0.224 e. The van der Waals surface area contributed by atoms with Crippen LogP contribution in [-0.2, 0) is 4.79 Å². The molecular formula is C10H22N2O2. The van der Waals surface area contributed by atoms with E-state index < -0.39 is 0 Å². The van der Waals surface area contributed by atoms with E-state index in [0.29, 0.717) is 6.54 Å². The number of unbranched alkanes of at least 4 members (excludes halogenated alkanes) is 2. The minimum atomic E-state index is -0.132. The van der Waals surface area contributed by atoms with Crippen molar-refractivity contribution >= 4 is 5.91 Å². The van der Waals surface area contributed by atoms with Gasteiger partial charge in [-0.1, -0.05) is 6.92 Å². The van der Waals surface area contributed by atoms with Gasteiger partial charge in [0.15, 0.2) is 0 Å². The largest absolute Gasteiger partial charge is 0.396 e. The van der Waals surface area contributed by atoms with Gasteiger partial charge in [0.05, 0.1) is 0 Å². The van der Waals surface area contributed by atoms with E-state index in [1.54, 1.807) is 0 Å². The fraction of sp³-hybridized carbons (Fsp3) is 0.900. The van der Waals surface area contributed by atoms with Gasteiger partial charge in [0.25, 0.3) is 0 Å². The molecule has 4 heteroatoms. The molecule has 0 aromatic carbocycles. The van der Waals surface area contributed by atoms with Crippen LogP contribution in [0.1, 0.15) is 33.1 Å². The molecule has 84 valence electrons. The normalized spacial score (nSPS) is 14.9. The minimum absolute atomic E-state index is 0.0176. The van der Waals surface area contributed by atoms with E-state index in [0.717, 1.165) is 19.3 Å². The van der Waals surface area contributed by atoms with E-state index in [9.17, 15) is 4.79 Å². The molecule has 4 N–H and O–H groups in total. The van der Waals surface area contributed by atoms with Gasteiger partial charge in [0.1, 0.15) is 0 Å². The molecule has 0 fully saturated rings. The molecular weight excluding hydrogens is 180 g/mol. The van der Waals surface area contributed by atoms with Crippen LogP contribution in [0.5, 0.6) is 0 Å². The Morgan fingerprint density at radius 1 is 1.36 bits per heavy atom. The van der Waals surface area contributed by atoms with Gasteiger partial charge in [-0.25, -0.2) is 0 Å². The van der Waals surface area contributed by atoms with Gasteiger partial charge < -0.3 is 16.2 Å². The first-order valence-corrected chi connectivity index (χ1v) is 5.23. The third-order valence-corrected chi connectivity index (χ3v) is 2.34. The first-order chi connectivity index (χ1) is 6.59. The van der Waals surface area contributed by atoms with Crippen LogP contribution in [0.25, 0.3) is 0 Å². The summed E-state index contributed by atoms with van der Waals surface area (Å²) in [5, 5.41) is 11.4. The summed E-state index contributed by atoms with van der Waals surface area (Å²) in [5.74, 6) is -0.114. The van der Waals surface area contributed by atoms with Crippen LogP contribution in [0.15, 0.2) is 0 Å². The van der Waals surface area contributed by atoms with Crippen molar-refractivity contribution in [3.8, 4) is 0 Å². The summed E-state index contributed by atoms with van der Waals surface area (Å²) in [6.07, 6.45) is 2.67. The lowest BCUT2D eigenvalue weighted by atomic mass is 10.0. The number of aliphatic hydroxyl groups excluding tert-OH is 1. The van der Waals surface area contributed by atoms with Crippen molar-refractivity contribution in [2.75, 3.05) is 13.2 Å². The van der Waals surface area contributed by atoms with Crippen molar-refractivity contribution in [3.63, 3.8) is 0 Å². The van der Waals surface area contributed by atoms with Crippen LogP contribution < -0.4 is 11.1 Å². The molecule has 0 aromatic heterocycles. The van der Waals surface area contributed by atoms with E-state index in [1.807, 2.05) is 13.8 Å². The smallest absolute Gasteiger partial charge is 0.224 e. The second kappa shape index (κ2) is 7.76. The lowest BCUT2D eigenvalue weighted by Gasteiger charge is -2.15. The number of nitrogens with one attached hydrogen (secondary N) is 1. The molecule has 4 nitrogen and oxygen atoms in total. The topological polar surface area (TPSA) is 75.4 Å². The van der Waals surface area contributed by atoms with Crippen molar-refractivity contribution in [2.24, 2.45) is 11.7 Å². The van der Waals surface area contributed by atoms with Crippen LogP contribution >= 0.6 is 0 Å². The zero-order valence-electron chi connectivity index (χ0n) is 9.12. The molecule has 14 heavy (non-hydrogen) atoms. The number of hydrogen-bond donors (Lipinski definition) is 3. The molecule has 0 aliphatic carbocycles. The fourth-order valence-corrected chi connectivity index (χ4v) is 1.02. The second-order valence-electron chi connectivity index (χ2n) is 3.72. The Morgan fingerprint density at radius 2 is 2.00 bits per heavy atom. The maximum absolute atomic E-state index is 11.4. The molecule has 0 aliphatic heterocycles. The monoisotopic (exact) mass is 202 g/mol. The van der Waals surface area contributed by atoms with Gasteiger partial charge in [0, 0.05) is 25.1 Å². The number of aliphatic hydroxyl groups is 1. The van der Waals surface area contributed by atoms with Crippen LogP contribution in [0.3, 0.4) is 0 Å². The molecule has 0 radical (unpaired) electrons. The minimum Gasteiger partial charge on any atom is -0.396 e. The first-order valence-electron chi connectivity index (χ1n) is 5.23. The zero-order chi connectivity index (χ0) is 11.0. The number of carbonyl (C=O) groups excluding carboxylic acids is 1. The average molecular weight is 202 g/mol. The summed E-state index contributed by atoms with van der Waals surface area (Å²) in [7, 11) is 0. The summed E-state index contributed by atoms with van der Waals surface area (Å²) in [5.41, 5.74) is 5.59. The predicted octanol–water partition coefficient (Wildman–Crippen LogP) is 0.248. The van der Waals surface area contributed by atoms with Crippen molar-refractivity contribution in [3.05, 3.63) is 0 Å². The van der Waals surface area contributed by atoms with Gasteiger partial charge in [0.2, 0.25) is 5.91 Å². The Balaban J connectivity index is 3.44. The highest BCUT2D eigenvalue weighted by molar-refractivity contribution is 5.78. The average Bonchev–Trinajstić information content (AvgIpc) is 2.16. The lowest BCUT2D eigenvalue weighted by molar-refractivity contribution is -0.124. The number of amides is 1. The number of nitrogens with two attached hydrogens (primary N) is 1. The van der Waals surface area contributed by atoms with E-state index in [2.05, 4.69) is 5.32 Å². The molecule has 2 atom stereocenters. The van der Waals surface area contributed by atoms with E-state index in [4.69, 9.17) is 10.8 Å². The van der Waals surface area contributed by atoms with Crippen molar-refractivity contribution in [1.82, 2.24) is 5.32 Å². The van der Waals surface area contributed by atoms with Crippen molar-refractivity contribution < 1.29 is 9.90 Å². The second-order valence-corrected chi connectivity index (χ2v) is 3.72. The van der Waals surface area contributed by atoms with Crippen LogP contribution in [0.2, 0.25) is 0 Å². The van der Waals surface area contributed by atoms with Gasteiger partial charge in [-0.2, -0.15) is 0 Å². The third-order valence-electron chi connectivity index (χ3n) is 2.34. The molecule has 0 aromatic rings. The number of rotatable bonds is 7. The molecule has 0 bridgehead atoms. The number of hydrogen-bond acceptors (Lipinski definition) is 3. The van der Waals surface area contributed by atoms with Crippen molar-refractivity contribution in [2.45, 2.75) is 39.2 Å². The Bertz CT molecular complexity index is 160. The molecule has 1 amide bonds. The van der Waals surface area contributed by atoms with Crippen molar-refractivity contribution in [1.29, 1.82) is 0 Å². The van der Waals surface area contributed by atoms with Crippen LogP contribution in [-0.4, -0.2) is 30.2 Å². The molecule has 0 heterocycles. The molecule has 2 unspecified atom stereocenters. The summed E-state index contributed by atoms with van der Waals surface area (Å²) in [6, 6.07) is -0.104. The molecule has 0 saturated carbocycles. The van der Waals surface area contributed by atoms with Gasteiger partial charge in [-0.05, 0) is 26.2 Å².